The van der Waals surface area contributed by atoms with Crippen LogP contribution >= 0.6 is 0 Å². The lowest BCUT2D eigenvalue weighted by Crippen LogP contribution is -2.50. The Labute approximate surface area is 196 Å². The van der Waals surface area contributed by atoms with Gasteiger partial charge in [-0.1, -0.05) is 55.2 Å². The fourth-order valence-electron chi connectivity index (χ4n) is 4.53. The zero-order valence-corrected chi connectivity index (χ0v) is 19.6. The molecule has 0 radical (unpaired) electrons. The molecule has 2 amide bonds. The van der Waals surface area contributed by atoms with Crippen LogP contribution in [0.4, 0.5) is 0 Å². The maximum atomic E-state index is 13.3. The van der Waals surface area contributed by atoms with Gasteiger partial charge in [-0.05, 0) is 56.4 Å². The summed E-state index contributed by atoms with van der Waals surface area (Å²) in [6.45, 7) is 4.53. The summed E-state index contributed by atoms with van der Waals surface area (Å²) < 4.78 is 10.8. The molecular formula is C27H34N2O4. The SMILES string of the molecule is Cc1ccc(CN(C(=O)CCc2ccc3c(c2)OCO3)C(C)C(=O)NC2CCCCC2)cc1. The highest BCUT2D eigenvalue weighted by Crippen LogP contribution is 2.32. The average Bonchev–Trinajstić information content (AvgIpc) is 3.30. The Morgan fingerprint density at radius 1 is 1.00 bits per heavy atom. The molecular weight excluding hydrogens is 416 g/mol. The molecule has 2 aromatic rings. The van der Waals surface area contributed by atoms with Crippen molar-refractivity contribution in [3.05, 3.63) is 59.2 Å². The van der Waals surface area contributed by atoms with Gasteiger partial charge >= 0.3 is 0 Å². The van der Waals surface area contributed by atoms with Gasteiger partial charge in [-0.15, -0.1) is 0 Å². The van der Waals surface area contributed by atoms with Crippen molar-refractivity contribution in [3.8, 4) is 11.5 Å². The third-order valence-electron chi connectivity index (χ3n) is 6.66. The molecule has 1 N–H and O–H groups in total. The monoisotopic (exact) mass is 450 g/mol. The molecule has 176 valence electrons. The predicted molar refractivity (Wildman–Crippen MR) is 127 cm³/mol. The van der Waals surface area contributed by atoms with Crippen LogP contribution in [-0.2, 0) is 22.6 Å². The van der Waals surface area contributed by atoms with Gasteiger partial charge in [0.2, 0.25) is 18.6 Å². The van der Waals surface area contributed by atoms with Crippen LogP contribution in [0.15, 0.2) is 42.5 Å². The summed E-state index contributed by atoms with van der Waals surface area (Å²) in [5.41, 5.74) is 3.21. The molecule has 1 unspecified atom stereocenters. The predicted octanol–water partition coefficient (Wildman–Crippen LogP) is 4.52. The molecule has 2 aromatic carbocycles. The van der Waals surface area contributed by atoms with Crippen molar-refractivity contribution in [3.63, 3.8) is 0 Å². The molecule has 0 spiro atoms. The average molecular weight is 451 g/mol. The maximum Gasteiger partial charge on any atom is 0.242 e. The third-order valence-corrected chi connectivity index (χ3v) is 6.66. The second-order valence-corrected chi connectivity index (χ2v) is 9.21. The number of ether oxygens (including phenoxy) is 2. The van der Waals surface area contributed by atoms with Gasteiger partial charge in [-0.3, -0.25) is 9.59 Å². The molecule has 4 rings (SSSR count). The van der Waals surface area contributed by atoms with Gasteiger partial charge in [0.05, 0.1) is 0 Å². The Balaban J connectivity index is 1.44. The van der Waals surface area contributed by atoms with E-state index in [0.29, 0.717) is 19.4 Å². The van der Waals surface area contributed by atoms with Crippen LogP contribution in [-0.4, -0.2) is 35.6 Å². The largest absolute Gasteiger partial charge is 0.454 e. The Hall–Kier alpha value is -3.02. The lowest BCUT2D eigenvalue weighted by atomic mass is 9.95. The fraction of sp³-hybridized carbons (Fsp3) is 0.481. The summed E-state index contributed by atoms with van der Waals surface area (Å²) in [6, 6.07) is 13.6. The number of hydrogen-bond acceptors (Lipinski definition) is 4. The van der Waals surface area contributed by atoms with E-state index in [1.807, 2.05) is 56.3 Å². The van der Waals surface area contributed by atoms with Crippen LogP contribution in [0, 0.1) is 6.92 Å². The van der Waals surface area contributed by atoms with Crippen molar-refractivity contribution in [2.24, 2.45) is 0 Å². The summed E-state index contributed by atoms with van der Waals surface area (Å²) in [7, 11) is 0. The Morgan fingerprint density at radius 3 is 2.45 bits per heavy atom. The van der Waals surface area contributed by atoms with Gasteiger partial charge in [0.15, 0.2) is 11.5 Å². The molecule has 1 saturated carbocycles. The van der Waals surface area contributed by atoms with Gasteiger partial charge in [0.25, 0.3) is 0 Å². The first-order valence-corrected chi connectivity index (χ1v) is 12.0. The standard InChI is InChI=1S/C27H34N2O4/c1-19-8-10-22(11-9-19)17-29(20(2)27(31)28-23-6-4-3-5-7-23)26(30)15-13-21-12-14-24-25(16-21)33-18-32-24/h8-12,14,16,20,23H,3-7,13,15,17-18H2,1-2H3,(H,28,31). The summed E-state index contributed by atoms with van der Waals surface area (Å²) in [5, 5.41) is 3.19. The zero-order chi connectivity index (χ0) is 23.2. The number of hydrogen-bond donors (Lipinski definition) is 1. The molecule has 6 nitrogen and oxygen atoms in total. The minimum absolute atomic E-state index is 0.0282. The summed E-state index contributed by atoms with van der Waals surface area (Å²) in [6.07, 6.45) is 6.49. The van der Waals surface area contributed by atoms with Crippen molar-refractivity contribution in [1.29, 1.82) is 0 Å². The molecule has 0 saturated heterocycles. The molecule has 1 aliphatic heterocycles. The van der Waals surface area contributed by atoms with E-state index in [2.05, 4.69) is 5.32 Å². The normalized spacial score (nSPS) is 16.3. The fourth-order valence-corrected chi connectivity index (χ4v) is 4.53. The summed E-state index contributed by atoms with van der Waals surface area (Å²) in [4.78, 5) is 28.1. The van der Waals surface area contributed by atoms with Crippen LogP contribution in [0.3, 0.4) is 0 Å². The van der Waals surface area contributed by atoms with Crippen LogP contribution < -0.4 is 14.8 Å². The Morgan fingerprint density at radius 2 is 1.70 bits per heavy atom. The van der Waals surface area contributed by atoms with E-state index in [0.717, 1.165) is 48.3 Å². The maximum absolute atomic E-state index is 13.3. The first kappa shape index (κ1) is 23.1. The van der Waals surface area contributed by atoms with E-state index in [-0.39, 0.29) is 24.6 Å². The van der Waals surface area contributed by atoms with E-state index in [4.69, 9.17) is 9.47 Å². The van der Waals surface area contributed by atoms with Gasteiger partial charge in [0, 0.05) is 19.0 Å². The lowest BCUT2D eigenvalue weighted by Gasteiger charge is -2.31. The molecule has 2 aliphatic rings. The quantitative estimate of drug-likeness (QED) is 0.642. The molecule has 1 aliphatic carbocycles. The number of nitrogens with one attached hydrogen (secondary N) is 1. The van der Waals surface area contributed by atoms with Crippen molar-refractivity contribution in [1.82, 2.24) is 10.2 Å². The molecule has 33 heavy (non-hydrogen) atoms. The number of rotatable bonds is 8. The molecule has 0 bridgehead atoms. The number of carbonyl (C=O) groups is 2. The molecule has 1 atom stereocenters. The number of fused-ring (bicyclic) bond motifs is 1. The van der Waals surface area contributed by atoms with Crippen LogP contribution in [0.5, 0.6) is 11.5 Å². The van der Waals surface area contributed by atoms with Gasteiger partial charge in [-0.25, -0.2) is 0 Å². The van der Waals surface area contributed by atoms with Gasteiger partial charge < -0.3 is 19.7 Å². The van der Waals surface area contributed by atoms with Crippen LogP contribution in [0.1, 0.15) is 62.1 Å². The first-order valence-electron chi connectivity index (χ1n) is 12.0. The van der Waals surface area contributed by atoms with E-state index < -0.39 is 6.04 Å². The topological polar surface area (TPSA) is 67.9 Å². The summed E-state index contributed by atoms with van der Waals surface area (Å²) in [5.74, 6) is 1.36. The molecule has 1 fully saturated rings. The van der Waals surface area contributed by atoms with Crippen molar-refractivity contribution < 1.29 is 19.1 Å². The van der Waals surface area contributed by atoms with Gasteiger partial charge in [-0.2, -0.15) is 0 Å². The Kier molecular flexibility index (Phi) is 7.53. The highest BCUT2D eigenvalue weighted by atomic mass is 16.7. The number of amides is 2. The van der Waals surface area contributed by atoms with Crippen molar-refractivity contribution >= 4 is 11.8 Å². The molecule has 0 aromatic heterocycles. The summed E-state index contributed by atoms with van der Waals surface area (Å²) >= 11 is 0. The smallest absolute Gasteiger partial charge is 0.242 e. The van der Waals surface area contributed by atoms with Crippen LogP contribution in [0.2, 0.25) is 0 Å². The van der Waals surface area contributed by atoms with Crippen LogP contribution in [0.25, 0.3) is 0 Å². The number of carbonyl (C=O) groups excluding carboxylic acids is 2. The van der Waals surface area contributed by atoms with E-state index >= 15 is 0 Å². The highest BCUT2D eigenvalue weighted by Gasteiger charge is 2.28. The highest BCUT2D eigenvalue weighted by molar-refractivity contribution is 5.87. The zero-order valence-electron chi connectivity index (χ0n) is 19.6. The third kappa shape index (κ3) is 6.06. The van der Waals surface area contributed by atoms with E-state index in [9.17, 15) is 9.59 Å². The minimum atomic E-state index is -0.530. The second-order valence-electron chi connectivity index (χ2n) is 9.21. The first-order chi connectivity index (χ1) is 16.0. The minimum Gasteiger partial charge on any atom is -0.454 e. The van der Waals surface area contributed by atoms with Crippen molar-refractivity contribution in [2.75, 3.05) is 6.79 Å². The molecule has 6 heteroatoms. The van der Waals surface area contributed by atoms with Gasteiger partial charge in [0.1, 0.15) is 6.04 Å². The van der Waals surface area contributed by atoms with E-state index in [1.165, 1.54) is 12.0 Å². The number of nitrogens with zero attached hydrogens (tertiary/aromatic N) is 1. The lowest BCUT2D eigenvalue weighted by molar-refractivity contribution is -0.141. The Bertz CT molecular complexity index is 967. The number of aryl methyl sites for hydroxylation is 2. The number of benzene rings is 2. The van der Waals surface area contributed by atoms with Crippen molar-refractivity contribution in [2.45, 2.75) is 77.4 Å². The second kappa shape index (κ2) is 10.7. The molecule has 1 heterocycles. The van der Waals surface area contributed by atoms with E-state index in [1.54, 1.807) is 4.90 Å².